The number of non-ortho nitro benzene ring substituents is 1. The molecule has 1 aromatic heterocycles. The molecular formula is C13H14N2O3. The van der Waals surface area contributed by atoms with Gasteiger partial charge in [-0.3, -0.25) is 10.1 Å². The fourth-order valence-corrected chi connectivity index (χ4v) is 1.64. The molecule has 5 heteroatoms. The van der Waals surface area contributed by atoms with Gasteiger partial charge in [0.05, 0.1) is 17.2 Å². The number of furan rings is 1. The summed E-state index contributed by atoms with van der Waals surface area (Å²) in [4.78, 5) is 10.1. The molecule has 1 aromatic carbocycles. The number of nitro benzene ring substituents is 1. The summed E-state index contributed by atoms with van der Waals surface area (Å²) in [7, 11) is 0. The SMILES string of the molecule is CC(NCc1ccc([N+](=O)[O-])cc1)c1ccco1. The van der Waals surface area contributed by atoms with E-state index in [4.69, 9.17) is 4.42 Å². The summed E-state index contributed by atoms with van der Waals surface area (Å²) in [5, 5.41) is 13.8. The van der Waals surface area contributed by atoms with Crippen molar-refractivity contribution in [2.24, 2.45) is 0 Å². The minimum absolute atomic E-state index is 0.107. The Balaban J connectivity index is 1.92. The number of hydrogen-bond donors (Lipinski definition) is 1. The molecular weight excluding hydrogens is 232 g/mol. The van der Waals surface area contributed by atoms with Crippen molar-refractivity contribution in [2.75, 3.05) is 0 Å². The number of nitrogens with zero attached hydrogens (tertiary/aromatic N) is 1. The summed E-state index contributed by atoms with van der Waals surface area (Å²) < 4.78 is 5.28. The van der Waals surface area contributed by atoms with Crippen LogP contribution < -0.4 is 5.32 Å². The van der Waals surface area contributed by atoms with Gasteiger partial charge >= 0.3 is 0 Å². The highest BCUT2D eigenvalue weighted by Gasteiger charge is 2.08. The van der Waals surface area contributed by atoms with Crippen LogP contribution in [0.3, 0.4) is 0 Å². The largest absolute Gasteiger partial charge is 0.468 e. The number of rotatable bonds is 5. The minimum atomic E-state index is -0.400. The van der Waals surface area contributed by atoms with Crippen LogP contribution in [0.2, 0.25) is 0 Å². The maximum atomic E-state index is 10.5. The van der Waals surface area contributed by atoms with Crippen molar-refractivity contribution in [2.45, 2.75) is 19.5 Å². The van der Waals surface area contributed by atoms with Gasteiger partial charge in [-0.05, 0) is 24.6 Å². The summed E-state index contributed by atoms with van der Waals surface area (Å²) in [5.41, 5.74) is 1.11. The average molecular weight is 246 g/mol. The molecule has 0 bridgehead atoms. The predicted molar refractivity (Wildman–Crippen MR) is 67.1 cm³/mol. The molecule has 1 atom stereocenters. The standard InChI is InChI=1S/C13H14N2O3/c1-10(13-3-2-8-18-13)14-9-11-4-6-12(7-5-11)15(16)17/h2-8,10,14H,9H2,1H3. The molecule has 0 spiro atoms. The Labute approximate surface area is 105 Å². The zero-order valence-corrected chi connectivity index (χ0v) is 10.00. The van der Waals surface area contributed by atoms with Crippen LogP contribution in [0.4, 0.5) is 5.69 Å². The Hall–Kier alpha value is -2.14. The van der Waals surface area contributed by atoms with Crippen LogP contribution in [0.1, 0.15) is 24.3 Å². The van der Waals surface area contributed by atoms with E-state index < -0.39 is 4.92 Å². The predicted octanol–water partition coefficient (Wildman–Crippen LogP) is 3.04. The maximum absolute atomic E-state index is 10.5. The normalized spacial score (nSPS) is 12.3. The molecule has 1 unspecified atom stereocenters. The highest BCUT2D eigenvalue weighted by molar-refractivity contribution is 5.32. The second-order valence-corrected chi connectivity index (χ2v) is 4.04. The quantitative estimate of drug-likeness (QED) is 0.650. The molecule has 5 nitrogen and oxygen atoms in total. The molecule has 0 saturated carbocycles. The lowest BCUT2D eigenvalue weighted by molar-refractivity contribution is -0.384. The van der Waals surface area contributed by atoms with Gasteiger partial charge in [-0.2, -0.15) is 0 Å². The fourth-order valence-electron chi connectivity index (χ4n) is 1.64. The zero-order valence-electron chi connectivity index (χ0n) is 10.00. The number of hydrogen-bond acceptors (Lipinski definition) is 4. The van der Waals surface area contributed by atoms with Crippen molar-refractivity contribution in [3.8, 4) is 0 Å². The van der Waals surface area contributed by atoms with Crippen molar-refractivity contribution in [3.05, 3.63) is 64.1 Å². The Morgan fingerprint density at radius 1 is 1.33 bits per heavy atom. The van der Waals surface area contributed by atoms with Crippen LogP contribution in [0.5, 0.6) is 0 Å². The Morgan fingerprint density at radius 2 is 2.06 bits per heavy atom. The van der Waals surface area contributed by atoms with Crippen molar-refractivity contribution in [1.29, 1.82) is 0 Å². The summed E-state index contributed by atoms with van der Waals surface area (Å²) >= 11 is 0. The fraction of sp³-hybridized carbons (Fsp3) is 0.231. The first-order chi connectivity index (χ1) is 8.66. The smallest absolute Gasteiger partial charge is 0.269 e. The topological polar surface area (TPSA) is 68.3 Å². The van der Waals surface area contributed by atoms with E-state index in [0.717, 1.165) is 11.3 Å². The minimum Gasteiger partial charge on any atom is -0.468 e. The van der Waals surface area contributed by atoms with E-state index in [9.17, 15) is 10.1 Å². The van der Waals surface area contributed by atoms with Crippen LogP contribution >= 0.6 is 0 Å². The Morgan fingerprint density at radius 3 is 2.61 bits per heavy atom. The van der Waals surface area contributed by atoms with E-state index in [1.54, 1.807) is 18.4 Å². The second-order valence-electron chi connectivity index (χ2n) is 4.04. The van der Waals surface area contributed by atoms with Crippen LogP contribution in [0.15, 0.2) is 47.1 Å². The van der Waals surface area contributed by atoms with Crippen molar-refractivity contribution in [1.82, 2.24) is 5.32 Å². The third kappa shape index (κ3) is 2.95. The molecule has 0 amide bonds. The van der Waals surface area contributed by atoms with Crippen molar-refractivity contribution >= 4 is 5.69 Å². The van der Waals surface area contributed by atoms with Gasteiger partial charge in [0, 0.05) is 18.7 Å². The van der Waals surface area contributed by atoms with Gasteiger partial charge in [0.15, 0.2) is 0 Å². The lowest BCUT2D eigenvalue weighted by atomic mass is 10.2. The molecule has 2 aromatic rings. The van der Waals surface area contributed by atoms with E-state index in [1.807, 2.05) is 19.1 Å². The van der Waals surface area contributed by atoms with Gasteiger partial charge in [-0.25, -0.2) is 0 Å². The third-order valence-electron chi connectivity index (χ3n) is 2.73. The molecule has 0 fully saturated rings. The molecule has 0 radical (unpaired) electrons. The van der Waals surface area contributed by atoms with E-state index in [1.165, 1.54) is 12.1 Å². The summed E-state index contributed by atoms with van der Waals surface area (Å²) in [6.07, 6.45) is 1.64. The van der Waals surface area contributed by atoms with Gasteiger partial charge in [-0.1, -0.05) is 12.1 Å². The maximum Gasteiger partial charge on any atom is 0.269 e. The summed E-state index contributed by atoms with van der Waals surface area (Å²) in [6, 6.07) is 10.4. The highest BCUT2D eigenvalue weighted by atomic mass is 16.6. The number of benzene rings is 1. The van der Waals surface area contributed by atoms with E-state index >= 15 is 0 Å². The first-order valence-electron chi connectivity index (χ1n) is 5.67. The van der Waals surface area contributed by atoms with Crippen LogP contribution in [0.25, 0.3) is 0 Å². The lowest BCUT2D eigenvalue weighted by Gasteiger charge is -2.10. The van der Waals surface area contributed by atoms with Gasteiger partial charge in [0.1, 0.15) is 5.76 Å². The first-order valence-corrected chi connectivity index (χ1v) is 5.67. The van der Waals surface area contributed by atoms with Gasteiger partial charge in [-0.15, -0.1) is 0 Å². The third-order valence-corrected chi connectivity index (χ3v) is 2.73. The van der Waals surface area contributed by atoms with Crippen LogP contribution in [0, 0.1) is 10.1 Å². The Bertz CT molecular complexity index is 506. The second kappa shape index (κ2) is 5.46. The summed E-state index contributed by atoms with van der Waals surface area (Å²) in [6.45, 7) is 2.64. The molecule has 2 rings (SSSR count). The number of nitro groups is 1. The van der Waals surface area contributed by atoms with Gasteiger partial charge < -0.3 is 9.73 Å². The molecule has 0 aliphatic rings. The molecule has 0 aliphatic heterocycles. The van der Waals surface area contributed by atoms with Gasteiger partial charge in [0.2, 0.25) is 0 Å². The van der Waals surface area contributed by atoms with Crippen LogP contribution in [-0.2, 0) is 6.54 Å². The molecule has 0 saturated heterocycles. The van der Waals surface area contributed by atoms with E-state index in [0.29, 0.717) is 6.54 Å². The van der Waals surface area contributed by atoms with E-state index in [-0.39, 0.29) is 11.7 Å². The molecule has 18 heavy (non-hydrogen) atoms. The van der Waals surface area contributed by atoms with Crippen LogP contribution in [-0.4, -0.2) is 4.92 Å². The molecule has 94 valence electrons. The van der Waals surface area contributed by atoms with Crippen molar-refractivity contribution < 1.29 is 9.34 Å². The molecule has 1 N–H and O–H groups in total. The first kappa shape index (κ1) is 12.3. The van der Waals surface area contributed by atoms with E-state index in [2.05, 4.69) is 5.32 Å². The Kier molecular flexibility index (Phi) is 3.74. The molecule has 1 heterocycles. The zero-order chi connectivity index (χ0) is 13.0. The molecule has 0 aliphatic carbocycles. The highest BCUT2D eigenvalue weighted by Crippen LogP contribution is 2.15. The monoisotopic (exact) mass is 246 g/mol. The van der Waals surface area contributed by atoms with Gasteiger partial charge in [0.25, 0.3) is 5.69 Å². The van der Waals surface area contributed by atoms with Crippen molar-refractivity contribution in [3.63, 3.8) is 0 Å². The average Bonchev–Trinajstić information content (AvgIpc) is 2.90. The lowest BCUT2D eigenvalue weighted by Crippen LogP contribution is -2.17. The summed E-state index contributed by atoms with van der Waals surface area (Å²) in [5.74, 6) is 0.872. The number of nitrogens with one attached hydrogen (secondary N) is 1.